The van der Waals surface area contributed by atoms with Crippen molar-refractivity contribution in [2.75, 3.05) is 23.7 Å². The minimum absolute atomic E-state index is 0.00173. The second kappa shape index (κ2) is 10.1. The molecule has 0 spiro atoms. The van der Waals surface area contributed by atoms with Crippen LogP contribution in [0.3, 0.4) is 0 Å². The first-order valence-corrected chi connectivity index (χ1v) is 11.5. The molecule has 6 nitrogen and oxygen atoms in total. The molecule has 0 bridgehead atoms. The van der Waals surface area contributed by atoms with Gasteiger partial charge in [-0.3, -0.25) is 9.59 Å². The van der Waals surface area contributed by atoms with Gasteiger partial charge in [0, 0.05) is 17.1 Å². The van der Waals surface area contributed by atoms with E-state index < -0.39 is 0 Å². The third kappa shape index (κ3) is 4.98. The molecule has 0 fully saturated rings. The van der Waals surface area contributed by atoms with E-state index >= 15 is 0 Å². The Balaban J connectivity index is 1.33. The van der Waals surface area contributed by atoms with Gasteiger partial charge in [0.25, 0.3) is 5.91 Å². The third-order valence-corrected chi connectivity index (χ3v) is 6.65. The van der Waals surface area contributed by atoms with E-state index in [2.05, 4.69) is 22.0 Å². The Kier molecular flexibility index (Phi) is 6.83. The lowest BCUT2D eigenvalue weighted by Gasteiger charge is -2.12. The molecule has 1 aromatic heterocycles. The van der Waals surface area contributed by atoms with E-state index in [9.17, 15) is 14.9 Å². The summed E-state index contributed by atoms with van der Waals surface area (Å²) in [5.41, 5.74) is 3.91. The molecule has 7 heteroatoms. The van der Waals surface area contributed by atoms with Crippen molar-refractivity contribution in [2.24, 2.45) is 0 Å². The fourth-order valence-corrected chi connectivity index (χ4v) is 5.11. The third-order valence-electron chi connectivity index (χ3n) is 5.44. The number of nitriles is 1. The molecule has 162 valence electrons. The van der Waals surface area contributed by atoms with Gasteiger partial charge < -0.3 is 16.0 Å². The largest absolute Gasteiger partial charge is 0.376 e. The first-order chi connectivity index (χ1) is 15.7. The number of rotatable bonds is 8. The average molecular weight is 445 g/mol. The van der Waals surface area contributed by atoms with Crippen molar-refractivity contribution in [1.29, 1.82) is 5.26 Å². The van der Waals surface area contributed by atoms with E-state index in [4.69, 9.17) is 0 Å². The molecule has 0 unspecified atom stereocenters. The molecule has 2 amide bonds. The number of hydrogen-bond donors (Lipinski definition) is 3. The molecule has 1 aliphatic carbocycles. The van der Waals surface area contributed by atoms with Gasteiger partial charge in [-0.05, 0) is 48.9 Å². The number of nitrogens with one attached hydrogen (secondary N) is 3. The Morgan fingerprint density at radius 3 is 2.62 bits per heavy atom. The quantitative estimate of drug-likeness (QED) is 0.487. The number of fused-ring (bicyclic) bond motifs is 1. The van der Waals surface area contributed by atoms with Gasteiger partial charge in [0.15, 0.2) is 0 Å². The van der Waals surface area contributed by atoms with Gasteiger partial charge in [-0.15, -0.1) is 11.3 Å². The molecule has 0 saturated heterocycles. The Morgan fingerprint density at radius 1 is 1.03 bits per heavy atom. The molecule has 4 rings (SSSR count). The molecule has 32 heavy (non-hydrogen) atoms. The summed E-state index contributed by atoms with van der Waals surface area (Å²) >= 11 is 1.49. The van der Waals surface area contributed by atoms with Crippen molar-refractivity contribution < 1.29 is 9.59 Å². The highest BCUT2D eigenvalue weighted by atomic mass is 32.1. The molecule has 2 aromatic carbocycles. The maximum atomic E-state index is 12.7. The minimum Gasteiger partial charge on any atom is -0.376 e. The van der Waals surface area contributed by atoms with E-state index in [0.717, 1.165) is 36.8 Å². The van der Waals surface area contributed by atoms with Crippen LogP contribution in [0.4, 0.5) is 10.7 Å². The molecule has 0 radical (unpaired) electrons. The number of benzene rings is 2. The molecule has 0 atom stereocenters. The zero-order valence-electron chi connectivity index (χ0n) is 17.6. The van der Waals surface area contributed by atoms with E-state index in [0.29, 0.717) is 28.4 Å². The maximum Gasteiger partial charge on any atom is 0.253 e. The molecule has 3 N–H and O–H groups in total. The zero-order valence-corrected chi connectivity index (χ0v) is 18.4. The highest BCUT2D eigenvalue weighted by Gasteiger charge is 2.23. The Morgan fingerprint density at radius 2 is 1.81 bits per heavy atom. The first kappa shape index (κ1) is 21.6. The summed E-state index contributed by atoms with van der Waals surface area (Å²) in [6.45, 7) is 0.527. The fraction of sp³-hybridized carbons (Fsp3) is 0.240. The Labute approximate surface area is 191 Å². The molecule has 0 aliphatic heterocycles. The van der Waals surface area contributed by atoms with E-state index in [1.54, 1.807) is 18.2 Å². The molecular weight excluding hydrogens is 420 g/mol. The second-order valence-electron chi connectivity index (χ2n) is 7.61. The number of nitrogens with zero attached hydrogens (tertiary/aromatic N) is 1. The summed E-state index contributed by atoms with van der Waals surface area (Å²) in [5.74, 6) is -0.438. The van der Waals surface area contributed by atoms with E-state index in [-0.39, 0.29) is 18.4 Å². The number of carbonyl (C=O) groups is 2. The lowest BCUT2D eigenvalue weighted by Crippen LogP contribution is -2.28. The number of carbonyl (C=O) groups excluding carboxylic acids is 2. The van der Waals surface area contributed by atoms with Crippen molar-refractivity contribution in [3.05, 3.63) is 81.7 Å². The summed E-state index contributed by atoms with van der Waals surface area (Å²) in [6, 6.07) is 19.3. The summed E-state index contributed by atoms with van der Waals surface area (Å²) in [4.78, 5) is 26.4. The lowest BCUT2D eigenvalue weighted by molar-refractivity contribution is -0.114. The van der Waals surface area contributed by atoms with Crippen LogP contribution in [0.2, 0.25) is 0 Å². The summed E-state index contributed by atoms with van der Waals surface area (Å²) in [6.07, 6.45) is 3.68. The summed E-state index contributed by atoms with van der Waals surface area (Å²) in [7, 11) is 0. The predicted octanol–water partition coefficient (Wildman–Crippen LogP) is 4.13. The average Bonchev–Trinajstić information content (AvgIpc) is 3.39. The molecule has 1 aliphatic rings. The molecule has 0 saturated carbocycles. The fourth-order valence-electron chi connectivity index (χ4n) is 3.85. The summed E-state index contributed by atoms with van der Waals surface area (Å²) in [5, 5.41) is 19.0. The van der Waals surface area contributed by atoms with Crippen molar-refractivity contribution in [3.8, 4) is 6.07 Å². The number of amides is 2. The molecule has 1 heterocycles. The van der Waals surface area contributed by atoms with Gasteiger partial charge in [-0.25, -0.2) is 0 Å². The van der Waals surface area contributed by atoms with Gasteiger partial charge in [-0.1, -0.05) is 42.5 Å². The minimum atomic E-state index is -0.249. The van der Waals surface area contributed by atoms with Crippen LogP contribution < -0.4 is 16.0 Å². The van der Waals surface area contributed by atoms with Gasteiger partial charge >= 0.3 is 0 Å². The van der Waals surface area contributed by atoms with Crippen LogP contribution in [0.1, 0.15) is 38.3 Å². The van der Waals surface area contributed by atoms with Crippen LogP contribution in [0.5, 0.6) is 0 Å². The van der Waals surface area contributed by atoms with Gasteiger partial charge in [-0.2, -0.15) is 5.26 Å². The van der Waals surface area contributed by atoms with Crippen LogP contribution in [0.15, 0.2) is 54.6 Å². The van der Waals surface area contributed by atoms with Gasteiger partial charge in [0.05, 0.1) is 17.7 Å². The van der Waals surface area contributed by atoms with Crippen LogP contribution in [0.25, 0.3) is 0 Å². The zero-order chi connectivity index (χ0) is 22.3. The van der Waals surface area contributed by atoms with Crippen LogP contribution >= 0.6 is 11.3 Å². The lowest BCUT2D eigenvalue weighted by atomic mass is 10.1. The maximum absolute atomic E-state index is 12.7. The topological polar surface area (TPSA) is 94.0 Å². The Hall–Kier alpha value is -3.63. The van der Waals surface area contributed by atoms with Gasteiger partial charge in [0.1, 0.15) is 11.1 Å². The number of thiophene rings is 1. The first-order valence-electron chi connectivity index (χ1n) is 10.6. The second-order valence-corrected chi connectivity index (χ2v) is 8.72. The van der Waals surface area contributed by atoms with Crippen molar-refractivity contribution >= 4 is 33.8 Å². The van der Waals surface area contributed by atoms with Gasteiger partial charge in [0.2, 0.25) is 5.91 Å². The summed E-state index contributed by atoms with van der Waals surface area (Å²) < 4.78 is 0. The van der Waals surface area contributed by atoms with Crippen molar-refractivity contribution in [1.82, 2.24) is 5.32 Å². The number of hydrogen-bond acceptors (Lipinski definition) is 5. The van der Waals surface area contributed by atoms with Crippen molar-refractivity contribution in [2.45, 2.75) is 25.7 Å². The molecular formula is C25H24N4O2S. The molecule has 3 aromatic rings. The van der Waals surface area contributed by atoms with Crippen LogP contribution in [0, 0.1) is 11.3 Å². The van der Waals surface area contributed by atoms with E-state index in [1.807, 2.05) is 36.4 Å². The number of aryl methyl sites for hydroxylation is 1. The number of para-hydroxylation sites is 1. The Bertz CT molecular complexity index is 1160. The SMILES string of the molecule is N#Cc1c(NC(=O)CNc2ccccc2C(=O)NCCc2ccccc2)sc2c1CCC2. The van der Waals surface area contributed by atoms with Crippen LogP contribution in [-0.2, 0) is 24.1 Å². The smallest absolute Gasteiger partial charge is 0.253 e. The normalized spacial score (nSPS) is 12.0. The van der Waals surface area contributed by atoms with Crippen molar-refractivity contribution in [3.63, 3.8) is 0 Å². The van der Waals surface area contributed by atoms with Crippen LogP contribution in [-0.4, -0.2) is 24.9 Å². The number of anilines is 2. The highest BCUT2D eigenvalue weighted by Crippen LogP contribution is 2.38. The highest BCUT2D eigenvalue weighted by molar-refractivity contribution is 7.16. The monoisotopic (exact) mass is 444 g/mol. The standard InChI is InChI=1S/C25H24N4O2S/c26-15-20-18-10-6-12-22(18)32-25(20)29-23(30)16-28-21-11-5-4-9-19(21)24(31)27-14-13-17-7-2-1-3-8-17/h1-5,7-9,11,28H,6,10,12-14,16H2,(H,27,31)(H,29,30). The van der Waals surface area contributed by atoms with E-state index in [1.165, 1.54) is 16.2 Å². The predicted molar refractivity (Wildman–Crippen MR) is 127 cm³/mol.